The predicted molar refractivity (Wildman–Crippen MR) is 170 cm³/mol. The van der Waals surface area contributed by atoms with Crippen LogP contribution in [0.4, 0.5) is 0 Å². The van der Waals surface area contributed by atoms with E-state index < -0.39 is 37.4 Å². The summed E-state index contributed by atoms with van der Waals surface area (Å²) in [6.45, 7) is 2.88. The van der Waals surface area contributed by atoms with Gasteiger partial charge in [0.2, 0.25) is 27.7 Å². The summed E-state index contributed by atoms with van der Waals surface area (Å²) in [5.41, 5.74) is 0.911. The number of sulfonamides is 1. The van der Waals surface area contributed by atoms with Crippen LogP contribution in [-0.4, -0.2) is 88.9 Å². The number of carbonyl (C=O) groups excluding carboxylic acids is 3. The molecule has 1 aromatic heterocycles. The van der Waals surface area contributed by atoms with Gasteiger partial charge in [0.15, 0.2) is 9.84 Å². The van der Waals surface area contributed by atoms with Gasteiger partial charge in [0, 0.05) is 48.4 Å². The van der Waals surface area contributed by atoms with Crippen molar-refractivity contribution >= 4 is 66.6 Å². The van der Waals surface area contributed by atoms with Crippen LogP contribution in [0.2, 0.25) is 4.34 Å². The first-order chi connectivity index (χ1) is 20.8. The molecule has 2 N–H and O–H groups in total. The molecule has 0 spiro atoms. The number of nitrogens with one attached hydrogen (secondary N) is 2. The number of aryl methyl sites for hydroxylation is 1. The summed E-state index contributed by atoms with van der Waals surface area (Å²) in [6.07, 6.45) is 4.47. The first kappa shape index (κ1) is 34.1. The van der Waals surface area contributed by atoms with Gasteiger partial charge in [-0.2, -0.15) is 0 Å². The van der Waals surface area contributed by atoms with Crippen molar-refractivity contribution in [2.75, 3.05) is 38.5 Å². The number of rotatable bonds is 13. The second-order valence-corrected chi connectivity index (χ2v) is 16.4. The molecular formula is C29H37ClN4O7S3. The molecular weight excluding hydrogens is 648 g/mol. The average molecular weight is 685 g/mol. The highest BCUT2D eigenvalue weighted by molar-refractivity contribution is 7.92. The Kier molecular flexibility index (Phi) is 11.6. The predicted octanol–water partition coefficient (Wildman–Crippen LogP) is 2.81. The van der Waals surface area contributed by atoms with E-state index in [1.165, 1.54) is 34.4 Å². The number of sulfone groups is 1. The van der Waals surface area contributed by atoms with Gasteiger partial charge in [-0.05, 0) is 69.4 Å². The molecule has 240 valence electrons. The van der Waals surface area contributed by atoms with E-state index in [1.807, 2.05) is 6.92 Å². The molecule has 2 aliphatic heterocycles. The lowest BCUT2D eigenvalue weighted by Gasteiger charge is -2.34. The van der Waals surface area contributed by atoms with E-state index in [0.29, 0.717) is 48.0 Å². The third-order valence-corrected chi connectivity index (χ3v) is 11.6. The Morgan fingerprint density at radius 1 is 1.05 bits per heavy atom. The summed E-state index contributed by atoms with van der Waals surface area (Å²) >= 11 is 7.13. The molecule has 11 nitrogen and oxygen atoms in total. The molecule has 2 atom stereocenters. The van der Waals surface area contributed by atoms with Gasteiger partial charge in [-0.3, -0.25) is 14.4 Å². The molecule has 0 radical (unpaired) electrons. The number of nitrogens with zero attached hydrogens (tertiary/aromatic N) is 2. The van der Waals surface area contributed by atoms with E-state index in [1.54, 1.807) is 29.2 Å². The molecule has 2 saturated heterocycles. The van der Waals surface area contributed by atoms with E-state index in [-0.39, 0.29) is 42.4 Å². The number of thiophene rings is 1. The molecule has 4 rings (SSSR count). The summed E-state index contributed by atoms with van der Waals surface area (Å²) in [5, 5.41) is 3.73. The van der Waals surface area contributed by atoms with Crippen LogP contribution < -0.4 is 10.0 Å². The molecule has 1 aromatic carbocycles. The van der Waals surface area contributed by atoms with Gasteiger partial charge >= 0.3 is 0 Å². The van der Waals surface area contributed by atoms with Crippen molar-refractivity contribution < 1.29 is 31.2 Å². The number of benzene rings is 1. The van der Waals surface area contributed by atoms with Crippen LogP contribution >= 0.6 is 22.9 Å². The Bertz CT molecular complexity index is 1590. The molecule has 0 unspecified atom stereocenters. The zero-order valence-corrected chi connectivity index (χ0v) is 27.6. The fourth-order valence-electron chi connectivity index (χ4n) is 5.36. The van der Waals surface area contributed by atoms with E-state index in [2.05, 4.69) is 10.0 Å². The molecule has 2 aliphatic rings. The van der Waals surface area contributed by atoms with Crippen LogP contribution in [0.5, 0.6) is 0 Å². The minimum Gasteiger partial charge on any atom is -0.353 e. The van der Waals surface area contributed by atoms with Crippen molar-refractivity contribution in [3.05, 3.63) is 56.6 Å². The summed E-state index contributed by atoms with van der Waals surface area (Å²) in [5.74, 6) is -2.14. The maximum Gasteiger partial charge on any atom is 0.242 e. The SMILES string of the molecule is Cc1ccc(S(=O)(=O)CC(=O)NC[C@@H]2CCCN2C(=O)CN2CCC[C@@H](CCNS(=O)(=O)/C=C/c3ccc(Cl)s3)C2=O)cc1. The first-order valence-corrected chi connectivity index (χ1v) is 18.8. The molecule has 15 heteroatoms. The largest absolute Gasteiger partial charge is 0.353 e. The Morgan fingerprint density at radius 3 is 2.48 bits per heavy atom. The Hall–Kier alpha value is -2.78. The van der Waals surface area contributed by atoms with Gasteiger partial charge in [0.25, 0.3) is 0 Å². The van der Waals surface area contributed by atoms with Crippen molar-refractivity contribution in [1.29, 1.82) is 0 Å². The van der Waals surface area contributed by atoms with Crippen LogP contribution in [0.3, 0.4) is 0 Å². The zero-order chi connectivity index (χ0) is 31.9. The monoisotopic (exact) mass is 684 g/mol. The average Bonchev–Trinajstić information content (AvgIpc) is 3.61. The van der Waals surface area contributed by atoms with Gasteiger partial charge in [0.05, 0.1) is 15.8 Å². The summed E-state index contributed by atoms with van der Waals surface area (Å²) in [7, 11) is -7.49. The standard InChI is InChI=1S/C29H37ClN4O7S3/c1-21-6-9-25(10-7-21)43(38,39)20-27(35)31-18-23-5-3-16-34(23)28(36)19-33-15-2-4-22(29(33)37)12-14-32-44(40,41)17-13-24-8-11-26(30)42-24/h6-11,13,17,22-23,32H,2-5,12,14-16,18-20H2,1H3,(H,31,35)/b17-13+/t22-,23-/m0/s1. The van der Waals surface area contributed by atoms with Crippen LogP contribution in [0, 0.1) is 12.8 Å². The van der Waals surface area contributed by atoms with E-state index in [9.17, 15) is 31.2 Å². The molecule has 3 heterocycles. The van der Waals surface area contributed by atoms with Crippen molar-refractivity contribution in [3.63, 3.8) is 0 Å². The number of amides is 3. The van der Waals surface area contributed by atoms with Crippen LogP contribution in [0.25, 0.3) is 6.08 Å². The maximum atomic E-state index is 13.2. The number of hydrogen-bond acceptors (Lipinski definition) is 8. The highest BCUT2D eigenvalue weighted by Crippen LogP contribution is 2.24. The normalized spacial score (nSPS) is 19.5. The molecule has 44 heavy (non-hydrogen) atoms. The lowest BCUT2D eigenvalue weighted by molar-refractivity contribution is -0.145. The minimum absolute atomic E-state index is 0.0783. The molecule has 2 fully saturated rings. The fraction of sp³-hybridized carbons (Fsp3) is 0.483. The van der Waals surface area contributed by atoms with Crippen molar-refractivity contribution in [3.8, 4) is 0 Å². The van der Waals surface area contributed by atoms with E-state index >= 15 is 0 Å². The third kappa shape index (κ3) is 9.61. The van der Waals surface area contributed by atoms with Crippen LogP contribution in [0.15, 0.2) is 46.7 Å². The van der Waals surface area contributed by atoms with Gasteiger partial charge in [-0.15, -0.1) is 11.3 Å². The van der Waals surface area contributed by atoms with Crippen LogP contribution in [0.1, 0.15) is 42.5 Å². The summed E-state index contributed by atoms with van der Waals surface area (Å²) < 4.78 is 52.9. The number of carbonyl (C=O) groups is 3. The third-order valence-electron chi connectivity index (χ3n) is 7.70. The quantitative estimate of drug-likeness (QED) is 0.330. The topological polar surface area (TPSA) is 150 Å². The molecule has 0 aliphatic carbocycles. The number of likely N-dealkylation sites (tertiary alicyclic amines) is 2. The second kappa shape index (κ2) is 15.0. The highest BCUT2D eigenvalue weighted by Gasteiger charge is 2.34. The van der Waals surface area contributed by atoms with Crippen molar-refractivity contribution in [2.24, 2.45) is 5.92 Å². The van der Waals surface area contributed by atoms with Gasteiger partial charge < -0.3 is 15.1 Å². The molecule has 3 amide bonds. The smallest absolute Gasteiger partial charge is 0.242 e. The minimum atomic E-state index is -3.79. The molecule has 0 bridgehead atoms. The van der Waals surface area contributed by atoms with Crippen molar-refractivity contribution in [2.45, 2.75) is 50.0 Å². The number of piperidine rings is 1. The second-order valence-electron chi connectivity index (χ2n) is 11.0. The highest BCUT2D eigenvalue weighted by atomic mass is 35.5. The Labute approximate surface area is 267 Å². The van der Waals surface area contributed by atoms with E-state index in [0.717, 1.165) is 17.4 Å². The molecule has 0 saturated carbocycles. The van der Waals surface area contributed by atoms with Gasteiger partial charge in [-0.25, -0.2) is 21.6 Å². The van der Waals surface area contributed by atoms with Crippen molar-refractivity contribution in [1.82, 2.24) is 19.8 Å². The van der Waals surface area contributed by atoms with Crippen LogP contribution in [-0.2, 0) is 34.2 Å². The Morgan fingerprint density at radius 2 is 1.77 bits per heavy atom. The summed E-state index contributed by atoms with van der Waals surface area (Å²) in [4.78, 5) is 42.8. The summed E-state index contributed by atoms with van der Waals surface area (Å²) in [6, 6.07) is 9.40. The first-order valence-electron chi connectivity index (χ1n) is 14.4. The Balaban J connectivity index is 1.23. The molecule has 2 aromatic rings. The lowest BCUT2D eigenvalue weighted by Crippen LogP contribution is -2.50. The van der Waals surface area contributed by atoms with Gasteiger partial charge in [0.1, 0.15) is 5.75 Å². The van der Waals surface area contributed by atoms with E-state index in [4.69, 9.17) is 11.6 Å². The fourth-order valence-corrected chi connectivity index (χ4v) is 8.40. The van der Waals surface area contributed by atoms with Gasteiger partial charge in [-0.1, -0.05) is 29.3 Å². The number of halogens is 1. The lowest BCUT2D eigenvalue weighted by atomic mass is 9.94. The number of hydrogen-bond donors (Lipinski definition) is 2. The maximum absolute atomic E-state index is 13.2. The zero-order valence-electron chi connectivity index (χ0n) is 24.4.